The summed E-state index contributed by atoms with van der Waals surface area (Å²) in [5, 5.41) is 13.2. The highest BCUT2D eigenvalue weighted by molar-refractivity contribution is 5.06. The lowest BCUT2D eigenvalue weighted by atomic mass is 9.94. The molecule has 0 bridgehead atoms. The molecule has 0 rings (SSSR count). The van der Waals surface area contributed by atoms with Gasteiger partial charge in [0.2, 0.25) is 0 Å². The number of hydrogen-bond donors (Lipinski definition) is 2. The lowest BCUT2D eigenvalue weighted by Crippen LogP contribution is -2.40. The SMILES string of the molecule is C=C(C)C(C)(O)CCNC(C)(C)C. The van der Waals surface area contributed by atoms with Crippen LogP contribution in [0.1, 0.15) is 41.0 Å². The summed E-state index contributed by atoms with van der Waals surface area (Å²) in [6, 6.07) is 0. The summed E-state index contributed by atoms with van der Waals surface area (Å²) in [5.41, 5.74) is 0.201. The molecule has 0 aliphatic heterocycles. The third kappa shape index (κ3) is 5.83. The molecule has 0 fully saturated rings. The molecule has 13 heavy (non-hydrogen) atoms. The smallest absolute Gasteiger partial charge is 0.0835 e. The second-order valence-corrected chi connectivity index (χ2v) is 4.98. The van der Waals surface area contributed by atoms with Gasteiger partial charge in [0.05, 0.1) is 5.60 Å². The summed E-state index contributed by atoms with van der Waals surface area (Å²) in [4.78, 5) is 0. The van der Waals surface area contributed by atoms with Gasteiger partial charge in [-0.1, -0.05) is 6.58 Å². The van der Waals surface area contributed by atoms with Crippen molar-refractivity contribution >= 4 is 0 Å². The van der Waals surface area contributed by atoms with Gasteiger partial charge in [0.1, 0.15) is 0 Å². The first-order chi connectivity index (χ1) is 5.65. The van der Waals surface area contributed by atoms with Crippen LogP contribution in [-0.4, -0.2) is 22.8 Å². The molecule has 0 heterocycles. The minimum Gasteiger partial charge on any atom is -0.386 e. The molecular formula is C11H23NO. The van der Waals surface area contributed by atoms with E-state index in [0.717, 1.165) is 12.1 Å². The highest BCUT2D eigenvalue weighted by Crippen LogP contribution is 2.17. The van der Waals surface area contributed by atoms with Crippen LogP contribution in [0.3, 0.4) is 0 Å². The van der Waals surface area contributed by atoms with Crippen molar-refractivity contribution in [1.82, 2.24) is 5.32 Å². The topological polar surface area (TPSA) is 32.3 Å². The van der Waals surface area contributed by atoms with Gasteiger partial charge in [0.15, 0.2) is 0 Å². The molecule has 0 amide bonds. The lowest BCUT2D eigenvalue weighted by Gasteiger charge is -2.27. The average Bonchev–Trinajstić information content (AvgIpc) is 1.82. The van der Waals surface area contributed by atoms with Gasteiger partial charge in [-0.3, -0.25) is 0 Å². The van der Waals surface area contributed by atoms with Crippen molar-refractivity contribution in [3.8, 4) is 0 Å². The predicted octanol–water partition coefficient (Wildman–Crippen LogP) is 2.09. The van der Waals surface area contributed by atoms with Crippen molar-refractivity contribution in [2.24, 2.45) is 0 Å². The van der Waals surface area contributed by atoms with Gasteiger partial charge < -0.3 is 10.4 Å². The summed E-state index contributed by atoms with van der Waals surface area (Å²) in [7, 11) is 0. The molecule has 1 unspecified atom stereocenters. The van der Waals surface area contributed by atoms with E-state index in [9.17, 15) is 5.11 Å². The third-order valence-corrected chi connectivity index (χ3v) is 2.19. The summed E-state index contributed by atoms with van der Waals surface area (Å²) < 4.78 is 0. The Hall–Kier alpha value is -0.340. The molecule has 1 atom stereocenters. The fourth-order valence-electron chi connectivity index (χ4n) is 0.894. The largest absolute Gasteiger partial charge is 0.386 e. The first kappa shape index (κ1) is 12.7. The number of hydrogen-bond acceptors (Lipinski definition) is 2. The maximum absolute atomic E-state index is 9.85. The van der Waals surface area contributed by atoms with Crippen molar-refractivity contribution in [2.45, 2.75) is 52.2 Å². The molecule has 0 aromatic carbocycles. The maximum Gasteiger partial charge on any atom is 0.0835 e. The van der Waals surface area contributed by atoms with Crippen molar-refractivity contribution in [3.63, 3.8) is 0 Å². The molecule has 2 N–H and O–H groups in total. The van der Waals surface area contributed by atoms with Crippen molar-refractivity contribution in [1.29, 1.82) is 0 Å². The number of aliphatic hydroxyl groups is 1. The Morgan fingerprint density at radius 3 is 2.08 bits per heavy atom. The Bertz CT molecular complexity index is 177. The monoisotopic (exact) mass is 185 g/mol. The normalized spacial score (nSPS) is 16.8. The van der Waals surface area contributed by atoms with E-state index in [1.165, 1.54) is 0 Å². The van der Waals surface area contributed by atoms with E-state index in [-0.39, 0.29) is 5.54 Å². The van der Waals surface area contributed by atoms with Crippen LogP contribution < -0.4 is 5.32 Å². The van der Waals surface area contributed by atoms with Gasteiger partial charge in [-0.05, 0) is 53.2 Å². The van der Waals surface area contributed by atoms with E-state index in [2.05, 4.69) is 32.7 Å². The van der Waals surface area contributed by atoms with Crippen LogP contribution in [-0.2, 0) is 0 Å². The summed E-state index contributed by atoms with van der Waals surface area (Å²) in [6.07, 6.45) is 0.708. The third-order valence-electron chi connectivity index (χ3n) is 2.19. The van der Waals surface area contributed by atoms with Crippen LogP contribution in [0.4, 0.5) is 0 Å². The first-order valence-corrected chi connectivity index (χ1v) is 4.78. The van der Waals surface area contributed by atoms with Crippen LogP contribution in [0.2, 0.25) is 0 Å². The van der Waals surface area contributed by atoms with E-state index in [0.29, 0.717) is 6.42 Å². The average molecular weight is 185 g/mol. The molecule has 0 aromatic rings. The zero-order valence-electron chi connectivity index (χ0n) is 9.57. The minimum atomic E-state index is -0.738. The van der Waals surface area contributed by atoms with Crippen LogP contribution in [0.25, 0.3) is 0 Å². The van der Waals surface area contributed by atoms with Crippen LogP contribution in [0.5, 0.6) is 0 Å². The molecule has 0 saturated carbocycles. The van der Waals surface area contributed by atoms with Crippen LogP contribution >= 0.6 is 0 Å². The van der Waals surface area contributed by atoms with Gasteiger partial charge in [0, 0.05) is 5.54 Å². The molecule has 0 saturated heterocycles. The molecule has 0 aliphatic carbocycles. The van der Waals surface area contributed by atoms with E-state index in [1.807, 2.05) is 6.92 Å². The van der Waals surface area contributed by atoms with E-state index in [4.69, 9.17) is 0 Å². The van der Waals surface area contributed by atoms with Gasteiger partial charge in [-0.15, -0.1) is 0 Å². The molecular weight excluding hydrogens is 162 g/mol. The highest BCUT2D eigenvalue weighted by atomic mass is 16.3. The first-order valence-electron chi connectivity index (χ1n) is 4.78. The standard InChI is InChI=1S/C11H23NO/c1-9(2)11(6,13)7-8-12-10(3,4)5/h12-13H,1,7-8H2,2-6H3. The van der Waals surface area contributed by atoms with Crippen LogP contribution in [0, 0.1) is 0 Å². The van der Waals surface area contributed by atoms with Gasteiger partial charge in [0.25, 0.3) is 0 Å². The van der Waals surface area contributed by atoms with Crippen molar-refractivity contribution in [3.05, 3.63) is 12.2 Å². The Labute approximate surface area is 82.0 Å². The summed E-state index contributed by atoms with van der Waals surface area (Å²) in [6.45, 7) is 14.6. The van der Waals surface area contributed by atoms with E-state index < -0.39 is 5.60 Å². The van der Waals surface area contributed by atoms with Crippen molar-refractivity contribution in [2.75, 3.05) is 6.54 Å². The Morgan fingerprint density at radius 2 is 1.77 bits per heavy atom. The van der Waals surface area contributed by atoms with Crippen LogP contribution in [0.15, 0.2) is 12.2 Å². The van der Waals surface area contributed by atoms with E-state index >= 15 is 0 Å². The molecule has 2 heteroatoms. The molecule has 78 valence electrons. The molecule has 0 aromatic heterocycles. The van der Waals surface area contributed by atoms with Gasteiger partial charge >= 0.3 is 0 Å². The molecule has 2 nitrogen and oxygen atoms in total. The Balaban J connectivity index is 3.84. The maximum atomic E-state index is 9.85. The number of nitrogens with one attached hydrogen (secondary N) is 1. The van der Waals surface area contributed by atoms with E-state index in [1.54, 1.807) is 6.92 Å². The van der Waals surface area contributed by atoms with Crippen molar-refractivity contribution < 1.29 is 5.11 Å². The molecule has 0 aliphatic rings. The lowest BCUT2D eigenvalue weighted by molar-refractivity contribution is 0.0875. The second-order valence-electron chi connectivity index (χ2n) is 4.98. The Kier molecular flexibility index (Phi) is 4.14. The highest BCUT2D eigenvalue weighted by Gasteiger charge is 2.21. The van der Waals surface area contributed by atoms with Gasteiger partial charge in [-0.2, -0.15) is 0 Å². The molecule has 0 radical (unpaired) electrons. The van der Waals surface area contributed by atoms with Gasteiger partial charge in [-0.25, -0.2) is 0 Å². The zero-order valence-corrected chi connectivity index (χ0v) is 9.57. The summed E-state index contributed by atoms with van der Waals surface area (Å²) in [5.74, 6) is 0. The summed E-state index contributed by atoms with van der Waals surface area (Å²) >= 11 is 0. The molecule has 0 spiro atoms. The Morgan fingerprint density at radius 1 is 1.31 bits per heavy atom. The fourth-order valence-corrected chi connectivity index (χ4v) is 0.894. The predicted molar refractivity (Wildman–Crippen MR) is 57.8 cm³/mol. The quantitative estimate of drug-likeness (QED) is 0.657. The second kappa shape index (κ2) is 4.25. The number of rotatable bonds is 4. The fraction of sp³-hybridized carbons (Fsp3) is 0.818. The zero-order chi connectivity index (χ0) is 10.7. The minimum absolute atomic E-state index is 0.116.